The van der Waals surface area contributed by atoms with Gasteiger partial charge in [0.05, 0.1) is 18.1 Å². The van der Waals surface area contributed by atoms with Crippen molar-refractivity contribution in [3.63, 3.8) is 0 Å². The first-order chi connectivity index (χ1) is 13.7. The molecule has 10 nitrogen and oxygen atoms in total. The van der Waals surface area contributed by atoms with Crippen molar-refractivity contribution in [3.8, 4) is 0 Å². The van der Waals surface area contributed by atoms with Crippen LogP contribution in [0, 0.1) is 6.92 Å². The molecular weight excluding hydrogens is 416 g/mol. The SMILES string of the molecule is Cc1nc(NCc2ccccc2NS(C)(=O)=O)n2ncc(C(C)C)c2n1.O=S=O. The Labute approximate surface area is 172 Å². The lowest BCUT2D eigenvalue weighted by molar-refractivity contribution is 0.606. The Morgan fingerprint density at radius 1 is 1.17 bits per heavy atom. The lowest BCUT2D eigenvalue weighted by Gasteiger charge is -2.13. The van der Waals surface area contributed by atoms with Crippen molar-refractivity contribution in [2.75, 3.05) is 16.3 Å². The number of nitrogens with zero attached hydrogens (tertiary/aromatic N) is 4. The molecule has 0 amide bonds. The highest BCUT2D eigenvalue weighted by molar-refractivity contribution is 7.92. The number of benzene rings is 1. The molecule has 0 bridgehead atoms. The monoisotopic (exact) mass is 438 g/mol. The molecule has 156 valence electrons. The molecule has 0 aliphatic carbocycles. The molecule has 2 N–H and O–H groups in total. The van der Waals surface area contributed by atoms with Gasteiger partial charge < -0.3 is 5.32 Å². The zero-order chi connectivity index (χ0) is 21.6. The molecule has 2 heterocycles. The molecule has 0 saturated carbocycles. The van der Waals surface area contributed by atoms with Crippen molar-refractivity contribution in [1.29, 1.82) is 0 Å². The minimum absolute atomic E-state index is 0.300. The van der Waals surface area contributed by atoms with Crippen molar-refractivity contribution in [2.45, 2.75) is 33.2 Å². The van der Waals surface area contributed by atoms with Gasteiger partial charge in [0.1, 0.15) is 5.82 Å². The van der Waals surface area contributed by atoms with Crippen LogP contribution in [0.5, 0.6) is 0 Å². The quantitative estimate of drug-likeness (QED) is 0.595. The lowest BCUT2D eigenvalue weighted by Crippen LogP contribution is -2.14. The van der Waals surface area contributed by atoms with Crippen LogP contribution >= 0.6 is 0 Å². The second kappa shape index (κ2) is 9.56. The first-order valence-electron chi connectivity index (χ1n) is 8.60. The normalized spacial score (nSPS) is 11.1. The lowest BCUT2D eigenvalue weighted by atomic mass is 10.1. The first-order valence-corrected chi connectivity index (χ1v) is 11.2. The minimum Gasteiger partial charge on any atom is -0.350 e. The van der Waals surface area contributed by atoms with Crippen LogP contribution in [0.15, 0.2) is 30.5 Å². The standard InChI is InChI=1S/C17H22N6O2S.O2S/c1-11(2)14-10-19-23-16(14)20-12(3)21-17(23)18-9-13-7-5-6-8-15(13)22-26(4,24)25;1-3-2/h5-8,10-11,22H,9H2,1-4H3,(H,18,20,21);. The van der Waals surface area contributed by atoms with Crippen LogP contribution in [0.4, 0.5) is 11.6 Å². The van der Waals surface area contributed by atoms with Crippen molar-refractivity contribution in [1.82, 2.24) is 19.6 Å². The van der Waals surface area contributed by atoms with Gasteiger partial charge in [-0.05, 0) is 24.5 Å². The maximum Gasteiger partial charge on any atom is 0.335 e. The Hall–Kier alpha value is -2.86. The van der Waals surface area contributed by atoms with Crippen LogP contribution in [0.2, 0.25) is 0 Å². The van der Waals surface area contributed by atoms with Crippen molar-refractivity contribution >= 4 is 38.9 Å². The summed E-state index contributed by atoms with van der Waals surface area (Å²) in [6, 6.07) is 7.22. The molecule has 3 rings (SSSR count). The van der Waals surface area contributed by atoms with Gasteiger partial charge in [0.2, 0.25) is 16.0 Å². The number of sulfonamides is 1. The van der Waals surface area contributed by atoms with Gasteiger partial charge in [-0.25, -0.2) is 13.4 Å². The Kier molecular flexibility index (Phi) is 7.40. The number of aryl methyl sites for hydroxylation is 1. The highest BCUT2D eigenvalue weighted by atomic mass is 32.2. The van der Waals surface area contributed by atoms with E-state index in [1.54, 1.807) is 22.8 Å². The number of anilines is 2. The molecule has 0 saturated heterocycles. The summed E-state index contributed by atoms with van der Waals surface area (Å²) in [4.78, 5) is 8.93. The zero-order valence-electron chi connectivity index (χ0n) is 16.4. The minimum atomic E-state index is -3.35. The highest BCUT2D eigenvalue weighted by Crippen LogP contribution is 2.22. The fourth-order valence-corrected chi connectivity index (χ4v) is 3.27. The maximum absolute atomic E-state index is 11.5. The van der Waals surface area contributed by atoms with Gasteiger partial charge >= 0.3 is 11.6 Å². The zero-order valence-corrected chi connectivity index (χ0v) is 18.0. The summed E-state index contributed by atoms with van der Waals surface area (Å²) in [7, 11) is -3.35. The van der Waals surface area contributed by atoms with Gasteiger partial charge in [-0.2, -0.15) is 23.0 Å². The van der Waals surface area contributed by atoms with E-state index in [0.717, 1.165) is 23.0 Å². The summed E-state index contributed by atoms with van der Waals surface area (Å²) in [5.41, 5.74) is 3.17. The van der Waals surface area contributed by atoms with E-state index in [9.17, 15) is 8.42 Å². The average Bonchev–Trinajstić information content (AvgIpc) is 3.04. The first kappa shape index (κ1) is 22.4. The topological polar surface area (TPSA) is 135 Å². The Morgan fingerprint density at radius 3 is 2.45 bits per heavy atom. The van der Waals surface area contributed by atoms with Gasteiger partial charge in [0.15, 0.2) is 5.65 Å². The molecule has 29 heavy (non-hydrogen) atoms. The molecule has 0 aliphatic rings. The van der Waals surface area contributed by atoms with Gasteiger partial charge in [0, 0.05) is 12.1 Å². The molecule has 3 aromatic rings. The molecule has 0 atom stereocenters. The highest BCUT2D eigenvalue weighted by Gasteiger charge is 2.14. The summed E-state index contributed by atoms with van der Waals surface area (Å²) < 4.78 is 43.9. The van der Waals surface area contributed by atoms with Gasteiger partial charge in [-0.15, -0.1) is 0 Å². The third-order valence-electron chi connectivity index (χ3n) is 3.88. The Bertz CT molecular complexity index is 1140. The smallest absolute Gasteiger partial charge is 0.335 e. The number of fused-ring (bicyclic) bond motifs is 1. The van der Waals surface area contributed by atoms with Crippen molar-refractivity contribution in [3.05, 3.63) is 47.4 Å². The molecule has 0 unspecified atom stereocenters. The Morgan fingerprint density at radius 2 is 1.83 bits per heavy atom. The van der Waals surface area contributed by atoms with Crippen LogP contribution in [-0.2, 0) is 28.1 Å². The van der Waals surface area contributed by atoms with Crippen LogP contribution in [0.3, 0.4) is 0 Å². The van der Waals surface area contributed by atoms with E-state index in [2.05, 4.69) is 39.0 Å². The summed E-state index contributed by atoms with van der Waals surface area (Å²) in [6.07, 6.45) is 2.93. The fraction of sp³-hybridized carbons (Fsp3) is 0.353. The average molecular weight is 439 g/mol. The molecule has 0 spiro atoms. The van der Waals surface area contributed by atoms with Gasteiger partial charge in [-0.3, -0.25) is 4.72 Å². The molecule has 2 aromatic heterocycles. The summed E-state index contributed by atoms with van der Waals surface area (Å²) >= 11 is -0.750. The maximum atomic E-state index is 11.5. The van der Waals surface area contributed by atoms with Crippen LogP contribution in [-0.4, -0.2) is 42.7 Å². The second-order valence-corrected chi connectivity index (χ2v) is 8.42. The third-order valence-corrected chi connectivity index (χ3v) is 4.47. The van der Waals surface area contributed by atoms with Crippen LogP contribution in [0.1, 0.15) is 36.7 Å². The number of nitrogens with one attached hydrogen (secondary N) is 2. The third kappa shape index (κ3) is 6.06. The number of aromatic nitrogens is 4. The number of hydrogen-bond donors (Lipinski definition) is 2. The van der Waals surface area contributed by atoms with Gasteiger partial charge in [-0.1, -0.05) is 32.0 Å². The van der Waals surface area contributed by atoms with Crippen LogP contribution < -0.4 is 10.0 Å². The summed E-state index contributed by atoms with van der Waals surface area (Å²) in [5, 5.41) is 7.63. The molecule has 0 aliphatic heterocycles. The molecular formula is C17H22N6O4S2. The van der Waals surface area contributed by atoms with E-state index < -0.39 is 21.6 Å². The largest absolute Gasteiger partial charge is 0.350 e. The fourth-order valence-electron chi connectivity index (χ4n) is 2.67. The number of hydrogen-bond acceptors (Lipinski definition) is 8. The summed E-state index contributed by atoms with van der Waals surface area (Å²) in [6.45, 7) is 6.41. The van der Waals surface area contributed by atoms with Crippen LogP contribution in [0.25, 0.3) is 5.65 Å². The number of rotatable bonds is 6. The van der Waals surface area contributed by atoms with Crippen molar-refractivity contribution < 1.29 is 16.8 Å². The second-order valence-electron chi connectivity index (χ2n) is 6.54. The summed E-state index contributed by atoms with van der Waals surface area (Å²) in [5.74, 6) is 1.51. The van der Waals surface area contributed by atoms with E-state index in [0.29, 0.717) is 29.9 Å². The number of para-hydroxylation sites is 1. The molecule has 1 aromatic carbocycles. The molecule has 12 heteroatoms. The predicted molar refractivity (Wildman–Crippen MR) is 111 cm³/mol. The molecule has 0 fully saturated rings. The van der Waals surface area contributed by atoms with E-state index in [4.69, 9.17) is 8.42 Å². The van der Waals surface area contributed by atoms with E-state index >= 15 is 0 Å². The predicted octanol–water partition coefficient (Wildman–Crippen LogP) is 1.87. The van der Waals surface area contributed by atoms with E-state index in [1.165, 1.54) is 0 Å². The van der Waals surface area contributed by atoms with E-state index in [1.807, 2.05) is 19.1 Å². The molecule has 0 radical (unpaired) electrons. The van der Waals surface area contributed by atoms with Crippen molar-refractivity contribution in [2.24, 2.45) is 0 Å². The Balaban J connectivity index is 0.000000941. The van der Waals surface area contributed by atoms with Gasteiger partial charge in [0.25, 0.3) is 0 Å². The van der Waals surface area contributed by atoms with E-state index in [-0.39, 0.29) is 0 Å².